The van der Waals surface area contributed by atoms with Crippen molar-refractivity contribution in [3.63, 3.8) is 0 Å². The van der Waals surface area contributed by atoms with E-state index in [9.17, 15) is 0 Å². The quantitative estimate of drug-likeness (QED) is 0.0772. The summed E-state index contributed by atoms with van der Waals surface area (Å²) >= 11 is 0. The van der Waals surface area contributed by atoms with E-state index in [0.717, 1.165) is 120 Å². The molecule has 11 heterocycles. The average Bonchev–Trinajstić information content (AvgIpc) is 0.778. The molecule has 0 aromatic heterocycles. The number of hydrazone groups is 3. The SMILES string of the molecule is CN1C(C)(C)CC(OC2=NN(OC3CC(C)(C)N(C)C(C)(C)C3)NC(N(CCN(C3=CC(OC4CC(C)(C)N(C)C(C)(C)C4)=NN(OC4CC(C)(C)N(C)C(C)(C)C4)N3)C3CC(C)(C)NC(C)(C)C3)CCN(C3=CC(OC4CC(C)(C)N(C)C(C)(C)C4)=NN(OC4CC(C)(C)N(C)C(C)(C)C4)N3)C3CC(C)(C)NC(C)(C)C3)=C2)CC1(C)C. The highest BCUT2D eigenvalue weighted by Crippen LogP contribution is 2.47. The Bertz CT molecular complexity index is 3400. The van der Waals surface area contributed by atoms with Crippen LogP contribution in [0.25, 0.3) is 0 Å². The molecule has 670 valence electrons. The number of ether oxygens (including phenoxy) is 3. The Balaban J connectivity index is 1.06. The molecule has 8 fully saturated rings. The lowest BCUT2D eigenvalue weighted by atomic mass is 9.78. The Hall–Kier alpha value is -4.61. The summed E-state index contributed by atoms with van der Waals surface area (Å²) < 4.78 is 22.3. The zero-order valence-electron chi connectivity index (χ0n) is 81.2. The summed E-state index contributed by atoms with van der Waals surface area (Å²) in [5, 5.41) is 29.2. The zero-order valence-corrected chi connectivity index (χ0v) is 81.2. The van der Waals surface area contributed by atoms with E-state index in [1.54, 1.807) is 15.8 Å². The van der Waals surface area contributed by atoms with Crippen molar-refractivity contribution >= 4 is 17.7 Å². The van der Waals surface area contributed by atoms with Crippen LogP contribution in [0.15, 0.2) is 51.0 Å². The molecular formula is C91H170N20O6. The number of hydrogen-bond donors (Lipinski definition) is 5. The first-order valence-corrected chi connectivity index (χ1v) is 45.0. The Morgan fingerprint density at radius 1 is 0.274 bits per heavy atom. The molecule has 0 aromatic carbocycles. The second kappa shape index (κ2) is 31.9. The second-order valence-corrected chi connectivity index (χ2v) is 48.3. The van der Waals surface area contributed by atoms with Gasteiger partial charge in [0.05, 0.1) is 18.3 Å². The molecule has 0 atom stereocenters. The molecule has 26 nitrogen and oxygen atoms in total. The Kier molecular flexibility index (Phi) is 25.4. The molecule has 11 rings (SSSR count). The average molecular weight is 1640 g/mol. The summed E-state index contributed by atoms with van der Waals surface area (Å²) in [5.41, 5.74) is 9.03. The maximum absolute atomic E-state index is 7.47. The van der Waals surface area contributed by atoms with Crippen molar-refractivity contribution in [2.75, 3.05) is 68.5 Å². The normalized spacial score (nSPS) is 29.6. The molecule has 5 N–H and O–H groups in total. The van der Waals surface area contributed by atoms with Crippen LogP contribution in [0.2, 0.25) is 0 Å². The summed E-state index contributed by atoms with van der Waals surface area (Å²) in [7, 11) is 13.5. The second-order valence-electron chi connectivity index (χ2n) is 48.3. The molecule has 0 bridgehead atoms. The molecule has 0 spiro atoms. The van der Waals surface area contributed by atoms with Crippen molar-refractivity contribution in [2.24, 2.45) is 15.3 Å². The summed E-state index contributed by atoms with van der Waals surface area (Å²) in [6.45, 7) is 77.2. The van der Waals surface area contributed by atoms with E-state index in [-0.39, 0.29) is 137 Å². The number of hydrogen-bond acceptors (Lipinski definition) is 26. The van der Waals surface area contributed by atoms with Gasteiger partial charge < -0.3 is 39.5 Å². The minimum Gasteiger partial charge on any atom is -0.473 e. The molecule has 26 heteroatoms. The smallest absolute Gasteiger partial charge is 0.239 e. The largest absolute Gasteiger partial charge is 0.473 e. The maximum atomic E-state index is 7.47. The molecule has 0 radical (unpaired) electrons. The van der Waals surface area contributed by atoms with Gasteiger partial charge in [0, 0.05) is 184 Å². The number of nitrogens with one attached hydrogen (secondary N) is 5. The van der Waals surface area contributed by atoms with Gasteiger partial charge >= 0.3 is 0 Å². The standard InChI is InChI=1S/C91H170N20O6/c1-76(2)46-62(47-77(3,4)98-76)107(71-44-74(113-65-52-82(13,14)101(34)83(15,16)53-65)96-110(93-71)116-68-58-88(25,26)104(37)89(27,28)59-68)41-39-106(70-43-73(112-64-50-80(9,10)100(33)81(11,12)51-64)95-109(92-70)115-67-56-86(21,22)103(36)87(23,24)57-67)40-42-108(63-48-78(5,6)99-79(7,8)49-63)72-45-75(114-66-54-84(17,18)102(35)85(19,20)55-66)97-111(94-72)117-69-60-90(29,30)105(38)91(31,32)61-69/h43-45,62-69,92-94,98-99H,39-42,46-61H2,1-38H3. The first-order valence-electron chi connectivity index (χ1n) is 45.0. The molecule has 8 saturated heterocycles. The Morgan fingerprint density at radius 3 is 0.675 bits per heavy atom. The van der Waals surface area contributed by atoms with E-state index in [1.165, 1.54) is 0 Å². The van der Waals surface area contributed by atoms with E-state index in [0.29, 0.717) is 43.9 Å². The topological polar surface area (TPSA) is 191 Å². The van der Waals surface area contributed by atoms with Crippen molar-refractivity contribution in [3.8, 4) is 0 Å². The van der Waals surface area contributed by atoms with Gasteiger partial charge in [0.15, 0.2) is 0 Å². The molecule has 11 aliphatic rings. The van der Waals surface area contributed by atoms with E-state index >= 15 is 0 Å². The van der Waals surface area contributed by atoms with Crippen LogP contribution in [0.3, 0.4) is 0 Å². The first kappa shape index (κ1) is 93.1. The van der Waals surface area contributed by atoms with Gasteiger partial charge in [0.2, 0.25) is 17.7 Å². The number of hydrazine groups is 3. The monoisotopic (exact) mass is 1640 g/mol. The van der Waals surface area contributed by atoms with Crippen LogP contribution < -0.4 is 26.9 Å². The third-order valence-corrected chi connectivity index (χ3v) is 30.6. The van der Waals surface area contributed by atoms with Crippen LogP contribution in [-0.2, 0) is 28.7 Å². The highest BCUT2D eigenvalue weighted by atomic mass is 16.8. The Morgan fingerprint density at radius 2 is 0.462 bits per heavy atom. The van der Waals surface area contributed by atoms with Crippen molar-refractivity contribution < 1.29 is 28.7 Å². The molecule has 0 unspecified atom stereocenters. The predicted octanol–water partition coefficient (Wildman–Crippen LogP) is 14.2. The van der Waals surface area contributed by atoms with Crippen molar-refractivity contribution in [1.29, 1.82) is 0 Å². The van der Waals surface area contributed by atoms with E-state index in [1.807, 2.05) is 0 Å². The molecule has 11 aliphatic heterocycles. The summed E-state index contributed by atoms with van der Waals surface area (Å²) in [5.74, 6) is 4.12. The summed E-state index contributed by atoms with van der Waals surface area (Å²) in [4.78, 5) is 44.9. The minimum absolute atomic E-state index is 0.0266. The number of rotatable bonds is 20. The predicted molar refractivity (Wildman–Crippen MR) is 475 cm³/mol. The van der Waals surface area contributed by atoms with Gasteiger partial charge in [-0.15, -0.1) is 0 Å². The van der Waals surface area contributed by atoms with Crippen LogP contribution in [0.1, 0.15) is 324 Å². The number of piperidine rings is 8. The Labute approximate surface area is 710 Å². The van der Waals surface area contributed by atoms with Crippen molar-refractivity contribution in [3.05, 3.63) is 35.7 Å². The fraction of sp³-hybridized carbons (Fsp3) is 0.901. The van der Waals surface area contributed by atoms with Gasteiger partial charge in [0.25, 0.3) is 0 Å². The lowest BCUT2D eigenvalue weighted by molar-refractivity contribution is -0.257. The van der Waals surface area contributed by atoms with Gasteiger partial charge in [-0.1, -0.05) is 31.1 Å². The first-order chi connectivity index (χ1) is 53.1. The lowest BCUT2D eigenvalue weighted by Gasteiger charge is -2.54. The van der Waals surface area contributed by atoms with Gasteiger partial charge in [-0.2, -0.15) is 0 Å². The fourth-order valence-electron chi connectivity index (χ4n) is 23.8. The molecule has 0 saturated carbocycles. The van der Waals surface area contributed by atoms with Crippen LogP contribution in [0, 0.1) is 0 Å². The fourth-order valence-corrected chi connectivity index (χ4v) is 23.8. The number of likely N-dealkylation sites (tertiary alicyclic amines) is 6. The van der Waals surface area contributed by atoms with Crippen LogP contribution in [0.5, 0.6) is 0 Å². The molecule has 0 aliphatic carbocycles. The van der Waals surface area contributed by atoms with Gasteiger partial charge in [0.1, 0.15) is 35.8 Å². The van der Waals surface area contributed by atoms with Gasteiger partial charge in [-0.25, -0.2) is 30.8 Å². The van der Waals surface area contributed by atoms with Gasteiger partial charge in [-0.05, 0) is 328 Å². The van der Waals surface area contributed by atoms with E-state index in [4.69, 9.17) is 44.0 Å². The van der Waals surface area contributed by atoms with Crippen LogP contribution in [-0.4, -0.2) is 283 Å². The maximum Gasteiger partial charge on any atom is 0.239 e. The minimum atomic E-state index is -0.234. The molecule has 117 heavy (non-hydrogen) atoms. The molecule has 0 amide bonds. The molecular weight excluding hydrogens is 1470 g/mol. The van der Waals surface area contributed by atoms with Crippen LogP contribution in [0.4, 0.5) is 0 Å². The van der Waals surface area contributed by atoms with E-state index < -0.39 is 0 Å². The van der Waals surface area contributed by atoms with Crippen molar-refractivity contribution in [1.82, 2.24) is 86.9 Å². The highest BCUT2D eigenvalue weighted by molar-refractivity contribution is 5.89. The summed E-state index contributed by atoms with van der Waals surface area (Å²) in [6, 6.07) is 0.0532. The zero-order chi connectivity index (χ0) is 87.2. The van der Waals surface area contributed by atoms with Gasteiger partial charge in [-0.3, -0.25) is 29.4 Å². The third kappa shape index (κ3) is 21.4. The number of nitrogens with zero attached hydrogens (tertiary/aromatic N) is 15. The highest BCUT2D eigenvalue weighted by Gasteiger charge is 2.53. The van der Waals surface area contributed by atoms with E-state index in [2.05, 4.69) is 353 Å². The molecule has 0 aromatic rings. The summed E-state index contributed by atoms with van der Waals surface area (Å²) in [6.07, 6.45) is 18.9. The van der Waals surface area contributed by atoms with Crippen molar-refractivity contribution in [2.45, 2.75) is 462 Å². The lowest BCUT2D eigenvalue weighted by Crippen LogP contribution is -2.64. The third-order valence-electron chi connectivity index (χ3n) is 30.6. The van der Waals surface area contributed by atoms with Crippen LogP contribution >= 0.6 is 0 Å².